The number of nitrogens with one attached hydrogen (secondary N) is 1. The lowest BCUT2D eigenvalue weighted by Gasteiger charge is -2.19. The zero-order valence-electron chi connectivity index (χ0n) is 8.90. The number of halogens is 4. The highest BCUT2D eigenvalue weighted by atomic mass is 35.5. The fraction of sp³-hybridized carbons (Fsp3) is 1.00. The van der Waals surface area contributed by atoms with Crippen LogP contribution in [0.5, 0.6) is 0 Å². The molecule has 1 atom stereocenters. The maximum Gasteiger partial charge on any atom is 0.411 e. The Hall–Kier alpha value is -0.0000000000000000555. The van der Waals surface area contributed by atoms with Crippen molar-refractivity contribution in [2.24, 2.45) is 5.92 Å². The molecule has 92 valence electrons. The van der Waals surface area contributed by atoms with Gasteiger partial charge < -0.3 is 10.1 Å². The summed E-state index contributed by atoms with van der Waals surface area (Å²) < 4.78 is 39.5. The summed E-state index contributed by atoms with van der Waals surface area (Å²) in [5, 5.41) is 3.03. The fourth-order valence-electron chi connectivity index (χ4n) is 0.973. The molecule has 0 fully saturated rings. The van der Waals surface area contributed by atoms with Crippen LogP contribution in [0.3, 0.4) is 0 Å². The van der Waals surface area contributed by atoms with Gasteiger partial charge in [-0.3, -0.25) is 0 Å². The van der Waals surface area contributed by atoms with Gasteiger partial charge in [0.2, 0.25) is 0 Å². The molecule has 0 aromatic rings. The van der Waals surface area contributed by atoms with Gasteiger partial charge in [0.25, 0.3) is 0 Å². The van der Waals surface area contributed by atoms with Crippen LogP contribution in [0.2, 0.25) is 0 Å². The van der Waals surface area contributed by atoms with E-state index in [-0.39, 0.29) is 12.6 Å². The molecule has 0 aliphatic rings. The Morgan fingerprint density at radius 3 is 2.33 bits per heavy atom. The first-order chi connectivity index (χ1) is 6.87. The lowest BCUT2D eigenvalue weighted by molar-refractivity contribution is -0.173. The van der Waals surface area contributed by atoms with Gasteiger partial charge in [-0.1, -0.05) is 13.8 Å². The summed E-state index contributed by atoms with van der Waals surface area (Å²) >= 11 is 5.66. The van der Waals surface area contributed by atoms with E-state index >= 15 is 0 Å². The number of alkyl halides is 4. The molecule has 0 aromatic heterocycles. The summed E-state index contributed by atoms with van der Waals surface area (Å²) in [6.45, 7) is 3.22. The van der Waals surface area contributed by atoms with E-state index in [1.165, 1.54) is 0 Å². The minimum absolute atomic E-state index is 0.0413. The van der Waals surface area contributed by atoms with E-state index < -0.39 is 12.8 Å². The monoisotopic (exact) mass is 247 g/mol. The fourth-order valence-corrected chi connectivity index (χ4v) is 1.44. The van der Waals surface area contributed by atoms with Crippen molar-refractivity contribution in [2.75, 3.05) is 25.6 Å². The van der Waals surface area contributed by atoms with E-state index in [1.54, 1.807) is 0 Å². The standard InChI is InChI=1S/C9H17ClF3NO/c1-7(2)8(5-10)14-3-4-15-6-9(11,12)13/h7-8,14H,3-6H2,1-2H3. The lowest BCUT2D eigenvalue weighted by atomic mass is 10.1. The highest BCUT2D eigenvalue weighted by Gasteiger charge is 2.27. The van der Waals surface area contributed by atoms with Gasteiger partial charge >= 0.3 is 6.18 Å². The largest absolute Gasteiger partial charge is 0.411 e. The molecule has 0 bridgehead atoms. The number of rotatable bonds is 7. The zero-order chi connectivity index (χ0) is 11.9. The minimum atomic E-state index is -4.25. The topological polar surface area (TPSA) is 21.3 Å². The van der Waals surface area contributed by atoms with Crippen LogP contribution in [0, 0.1) is 5.92 Å². The van der Waals surface area contributed by atoms with E-state index in [1.807, 2.05) is 13.8 Å². The Kier molecular flexibility index (Phi) is 7.30. The third-order valence-electron chi connectivity index (χ3n) is 1.89. The molecule has 15 heavy (non-hydrogen) atoms. The molecule has 0 saturated carbocycles. The number of ether oxygens (including phenoxy) is 1. The number of hydrogen-bond acceptors (Lipinski definition) is 2. The molecule has 1 N–H and O–H groups in total. The molecule has 0 aliphatic carbocycles. The molecule has 0 aromatic carbocycles. The first-order valence-corrected chi connectivity index (χ1v) is 5.34. The average Bonchev–Trinajstić information content (AvgIpc) is 2.08. The van der Waals surface area contributed by atoms with Crippen LogP contribution in [0.15, 0.2) is 0 Å². The van der Waals surface area contributed by atoms with Crippen LogP contribution in [0.4, 0.5) is 13.2 Å². The highest BCUT2D eigenvalue weighted by molar-refractivity contribution is 6.18. The third kappa shape index (κ3) is 8.96. The van der Waals surface area contributed by atoms with E-state index in [2.05, 4.69) is 10.1 Å². The SMILES string of the molecule is CC(C)C(CCl)NCCOCC(F)(F)F. The van der Waals surface area contributed by atoms with E-state index in [9.17, 15) is 13.2 Å². The first kappa shape index (κ1) is 15.0. The van der Waals surface area contributed by atoms with Crippen LogP contribution in [-0.2, 0) is 4.74 Å². The summed E-state index contributed by atoms with van der Waals surface area (Å²) in [4.78, 5) is 0. The molecule has 0 rings (SSSR count). The second kappa shape index (κ2) is 7.30. The molecule has 0 radical (unpaired) electrons. The van der Waals surface area contributed by atoms with Crippen molar-refractivity contribution in [1.29, 1.82) is 0 Å². The van der Waals surface area contributed by atoms with Crippen molar-refractivity contribution in [3.8, 4) is 0 Å². The van der Waals surface area contributed by atoms with Crippen LogP contribution < -0.4 is 5.32 Å². The Labute approximate surface area is 93.1 Å². The molecule has 1 unspecified atom stereocenters. The molecule has 6 heteroatoms. The van der Waals surface area contributed by atoms with Gasteiger partial charge in [-0.15, -0.1) is 11.6 Å². The molecule has 0 spiro atoms. The van der Waals surface area contributed by atoms with Crippen molar-refractivity contribution in [3.63, 3.8) is 0 Å². The van der Waals surface area contributed by atoms with E-state index in [0.29, 0.717) is 18.3 Å². The second-order valence-electron chi connectivity index (χ2n) is 3.63. The molecule has 0 aliphatic heterocycles. The molecule has 0 heterocycles. The van der Waals surface area contributed by atoms with Gasteiger partial charge in [0.1, 0.15) is 6.61 Å². The summed E-state index contributed by atoms with van der Waals surface area (Å²) in [6, 6.07) is 0.112. The smallest absolute Gasteiger partial charge is 0.371 e. The van der Waals surface area contributed by atoms with Crippen LogP contribution in [-0.4, -0.2) is 37.9 Å². The van der Waals surface area contributed by atoms with Gasteiger partial charge in [-0.05, 0) is 5.92 Å². The van der Waals surface area contributed by atoms with Gasteiger partial charge in [0.15, 0.2) is 0 Å². The Morgan fingerprint density at radius 2 is 1.93 bits per heavy atom. The third-order valence-corrected chi connectivity index (χ3v) is 2.22. The maximum absolute atomic E-state index is 11.7. The minimum Gasteiger partial charge on any atom is -0.371 e. The van der Waals surface area contributed by atoms with Gasteiger partial charge in [-0.2, -0.15) is 13.2 Å². The Balaban J connectivity index is 3.45. The molecule has 2 nitrogen and oxygen atoms in total. The average molecular weight is 248 g/mol. The van der Waals surface area contributed by atoms with Crippen LogP contribution in [0.1, 0.15) is 13.8 Å². The number of hydrogen-bond donors (Lipinski definition) is 1. The second-order valence-corrected chi connectivity index (χ2v) is 3.94. The summed E-state index contributed by atoms with van der Waals surface area (Å²) in [6.07, 6.45) is -4.25. The lowest BCUT2D eigenvalue weighted by Crippen LogP contribution is -2.37. The van der Waals surface area contributed by atoms with Crippen LogP contribution in [0.25, 0.3) is 0 Å². The summed E-state index contributed by atoms with van der Waals surface area (Å²) in [5.41, 5.74) is 0. The zero-order valence-corrected chi connectivity index (χ0v) is 9.66. The van der Waals surface area contributed by atoms with E-state index in [0.717, 1.165) is 0 Å². The maximum atomic E-state index is 11.7. The van der Waals surface area contributed by atoms with Crippen molar-refractivity contribution < 1.29 is 17.9 Å². The van der Waals surface area contributed by atoms with Gasteiger partial charge in [-0.25, -0.2) is 0 Å². The normalized spacial score (nSPS) is 14.6. The van der Waals surface area contributed by atoms with Crippen molar-refractivity contribution in [2.45, 2.75) is 26.1 Å². The molecular weight excluding hydrogens is 231 g/mol. The summed E-state index contributed by atoms with van der Waals surface area (Å²) in [7, 11) is 0. The predicted molar refractivity (Wildman–Crippen MR) is 54.2 cm³/mol. The van der Waals surface area contributed by atoms with Gasteiger partial charge in [0, 0.05) is 18.5 Å². The molecule has 0 saturated heterocycles. The van der Waals surface area contributed by atoms with Crippen molar-refractivity contribution in [1.82, 2.24) is 5.32 Å². The highest BCUT2D eigenvalue weighted by Crippen LogP contribution is 2.14. The van der Waals surface area contributed by atoms with E-state index in [4.69, 9.17) is 11.6 Å². The summed E-state index contributed by atoms with van der Waals surface area (Å²) in [5.74, 6) is 0.793. The van der Waals surface area contributed by atoms with Gasteiger partial charge in [0.05, 0.1) is 6.61 Å². The Morgan fingerprint density at radius 1 is 1.33 bits per heavy atom. The molecular formula is C9H17ClF3NO. The quantitative estimate of drug-likeness (QED) is 0.551. The van der Waals surface area contributed by atoms with Crippen molar-refractivity contribution >= 4 is 11.6 Å². The predicted octanol–water partition coefficient (Wildman–Crippen LogP) is 2.42. The van der Waals surface area contributed by atoms with Crippen molar-refractivity contribution in [3.05, 3.63) is 0 Å². The van der Waals surface area contributed by atoms with Crippen LogP contribution >= 0.6 is 11.6 Å². The molecule has 0 amide bonds. The first-order valence-electron chi connectivity index (χ1n) is 4.80. The Bertz CT molecular complexity index is 164.